The van der Waals surface area contributed by atoms with Gasteiger partial charge >= 0.3 is 0 Å². The largest absolute Gasteiger partial charge is 0.381 e. The molecule has 0 aromatic rings. The van der Waals surface area contributed by atoms with Gasteiger partial charge in [0.15, 0.2) is 0 Å². The van der Waals surface area contributed by atoms with E-state index in [1.807, 2.05) is 0 Å². The topological polar surface area (TPSA) is 87.9 Å². The molecule has 1 aliphatic rings. The Bertz CT molecular complexity index is 287. The van der Waals surface area contributed by atoms with Crippen LogP contribution in [0.25, 0.3) is 0 Å². The lowest BCUT2D eigenvalue weighted by Crippen LogP contribution is -2.22. The van der Waals surface area contributed by atoms with Crippen LogP contribution in [-0.2, 0) is 24.2 Å². The average Bonchev–Trinajstić information content (AvgIpc) is 2.28. The lowest BCUT2D eigenvalue weighted by molar-refractivity contribution is 0.00185. The highest BCUT2D eigenvalue weighted by Gasteiger charge is 2.13. The summed E-state index contributed by atoms with van der Waals surface area (Å²) in [5.41, 5.74) is 0. The molecular weight excluding hydrogens is 246 g/mol. The van der Waals surface area contributed by atoms with Gasteiger partial charge in [0.05, 0.1) is 25.6 Å². The highest BCUT2D eigenvalue weighted by Crippen LogP contribution is 2.14. The van der Waals surface area contributed by atoms with Gasteiger partial charge in [-0.25, -0.2) is 13.6 Å². The van der Waals surface area contributed by atoms with E-state index in [1.165, 1.54) is 0 Å². The predicted molar refractivity (Wildman–Crippen MR) is 63.2 cm³/mol. The van der Waals surface area contributed by atoms with Gasteiger partial charge in [-0.2, -0.15) is 0 Å². The van der Waals surface area contributed by atoms with E-state index >= 15 is 0 Å². The Labute approximate surface area is 102 Å². The van der Waals surface area contributed by atoms with E-state index in [0.717, 1.165) is 32.7 Å². The number of ether oxygens (including phenoxy) is 3. The molecule has 2 N–H and O–H groups in total. The Balaban J connectivity index is 1.87. The van der Waals surface area contributed by atoms with Crippen molar-refractivity contribution < 1.29 is 22.6 Å². The molecule has 0 spiro atoms. The lowest BCUT2D eigenvalue weighted by atomic mass is 10.0. The van der Waals surface area contributed by atoms with E-state index in [2.05, 4.69) is 0 Å². The second-order valence-electron chi connectivity index (χ2n) is 4.11. The highest BCUT2D eigenvalue weighted by atomic mass is 32.2. The SMILES string of the molecule is NS(=O)(=O)CCOCCOCC1CCOCC1. The fourth-order valence-corrected chi connectivity index (χ4v) is 1.91. The number of hydrogen-bond donors (Lipinski definition) is 1. The van der Waals surface area contributed by atoms with Crippen molar-refractivity contribution in [3.63, 3.8) is 0 Å². The maximum atomic E-state index is 10.6. The van der Waals surface area contributed by atoms with Crippen LogP contribution >= 0.6 is 0 Å². The molecular formula is C10H21NO5S. The summed E-state index contributed by atoms with van der Waals surface area (Å²) in [6.07, 6.45) is 2.10. The standard InChI is InChI=1S/C10H21NO5S/c11-17(12,13)8-7-15-5-6-16-9-10-1-3-14-4-2-10/h10H,1-9H2,(H2,11,12,13). The normalized spacial score (nSPS) is 18.4. The van der Waals surface area contributed by atoms with Crippen LogP contribution in [0.2, 0.25) is 0 Å². The number of sulfonamides is 1. The summed E-state index contributed by atoms with van der Waals surface area (Å²) in [5.74, 6) is 0.431. The summed E-state index contributed by atoms with van der Waals surface area (Å²) < 4.78 is 36.9. The Hall–Kier alpha value is -0.210. The quantitative estimate of drug-likeness (QED) is 0.612. The first kappa shape index (κ1) is 14.8. The molecule has 1 heterocycles. The molecule has 17 heavy (non-hydrogen) atoms. The van der Waals surface area contributed by atoms with Crippen LogP contribution < -0.4 is 5.14 Å². The van der Waals surface area contributed by atoms with Gasteiger partial charge in [-0.05, 0) is 18.8 Å². The van der Waals surface area contributed by atoms with Crippen LogP contribution in [0.5, 0.6) is 0 Å². The van der Waals surface area contributed by atoms with Gasteiger partial charge in [-0.1, -0.05) is 0 Å². The average molecular weight is 267 g/mol. The molecule has 0 unspecified atom stereocenters. The Morgan fingerprint density at radius 2 is 1.76 bits per heavy atom. The Morgan fingerprint density at radius 1 is 1.12 bits per heavy atom. The number of nitrogens with two attached hydrogens (primary N) is 1. The molecule has 0 radical (unpaired) electrons. The summed E-state index contributed by atoms with van der Waals surface area (Å²) in [5, 5.41) is 4.82. The lowest BCUT2D eigenvalue weighted by Gasteiger charge is -2.21. The maximum absolute atomic E-state index is 10.6. The van der Waals surface area contributed by atoms with E-state index in [1.54, 1.807) is 0 Å². The number of rotatable bonds is 8. The predicted octanol–water partition coefficient (Wildman–Crippen LogP) is -0.265. The zero-order chi connectivity index (χ0) is 12.6. The van der Waals surface area contributed by atoms with Crippen molar-refractivity contribution in [2.75, 3.05) is 45.4 Å². The first-order valence-electron chi connectivity index (χ1n) is 5.81. The van der Waals surface area contributed by atoms with E-state index in [-0.39, 0.29) is 12.4 Å². The van der Waals surface area contributed by atoms with Gasteiger partial charge in [0, 0.05) is 19.8 Å². The molecule has 1 fully saturated rings. The summed E-state index contributed by atoms with van der Waals surface area (Å²) in [7, 11) is -3.41. The molecule has 1 saturated heterocycles. The van der Waals surface area contributed by atoms with E-state index in [0.29, 0.717) is 19.1 Å². The summed E-state index contributed by atoms with van der Waals surface area (Å²) in [6.45, 7) is 3.37. The molecule has 1 aliphatic heterocycles. The van der Waals surface area contributed by atoms with Crippen molar-refractivity contribution >= 4 is 10.0 Å². The smallest absolute Gasteiger partial charge is 0.211 e. The summed E-state index contributed by atoms with van der Waals surface area (Å²) in [6, 6.07) is 0. The first-order valence-corrected chi connectivity index (χ1v) is 7.53. The van der Waals surface area contributed by atoms with Crippen molar-refractivity contribution in [2.24, 2.45) is 11.1 Å². The Morgan fingerprint density at radius 3 is 2.41 bits per heavy atom. The van der Waals surface area contributed by atoms with E-state index < -0.39 is 10.0 Å². The van der Waals surface area contributed by atoms with Crippen molar-refractivity contribution in [3.8, 4) is 0 Å². The Kier molecular flexibility index (Phi) is 6.98. The molecule has 0 amide bonds. The molecule has 7 heteroatoms. The van der Waals surface area contributed by atoms with Gasteiger partial charge in [0.25, 0.3) is 0 Å². The molecule has 6 nitrogen and oxygen atoms in total. The van der Waals surface area contributed by atoms with Crippen molar-refractivity contribution in [2.45, 2.75) is 12.8 Å². The van der Waals surface area contributed by atoms with Gasteiger partial charge in [0.2, 0.25) is 10.0 Å². The van der Waals surface area contributed by atoms with Crippen LogP contribution in [0.4, 0.5) is 0 Å². The third kappa shape index (κ3) is 8.50. The molecule has 0 aliphatic carbocycles. The van der Waals surface area contributed by atoms with Gasteiger partial charge in [0.1, 0.15) is 0 Å². The zero-order valence-electron chi connectivity index (χ0n) is 9.97. The van der Waals surface area contributed by atoms with Crippen LogP contribution in [-0.4, -0.2) is 53.8 Å². The van der Waals surface area contributed by atoms with Crippen LogP contribution in [0.15, 0.2) is 0 Å². The molecule has 1 rings (SSSR count). The maximum Gasteiger partial charge on any atom is 0.211 e. The van der Waals surface area contributed by atoms with Crippen molar-refractivity contribution in [3.05, 3.63) is 0 Å². The molecule has 0 atom stereocenters. The fourth-order valence-electron chi connectivity index (χ4n) is 1.56. The monoisotopic (exact) mass is 267 g/mol. The third-order valence-corrected chi connectivity index (χ3v) is 3.31. The van der Waals surface area contributed by atoms with Gasteiger partial charge in [-0.15, -0.1) is 0 Å². The number of hydrogen-bond acceptors (Lipinski definition) is 5. The fraction of sp³-hybridized carbons (Fsp3) is 1.00. The molecule has 0 aromatic carbocycles. The minimum atomic E-state index is -3.41. The molecule has 102 valence electrons. The van der Waals surface area contributed by atoms with E-state index in [4.69, 9.17) is 19.3 Å². The first-order chi connectivity index (χ1) is 8.08. The van der Waals surface area contributed by atoms with Crippen LogP contribution in [0, 0.1) is 5.92 Å². The van der Waals surface area contributed by atoms with E-state index in [9.17, 15) is 8.42 Å². The van der Waals surface area contributed by atoms with Crippen LogP contribution in [0.3, 0.4) is 0 Å². The van der Waals surface area contributed by atoms with Gasteiger partial charge < -0.3 is 14.2 Å². The van der Waals surface area contributed by atoms with Crippen LogP contribution in [0.1, 0.15) is 12.8 Å². The molecule has 0 aromatic heterocycles. The second-order valence-corrected chi connectivity index (χ2v) is 5.84. The summed E-state index contributed by atoms with van der Waals surface area (Å²) in [4.78, 5) is 0. The minimum Gasteiger partial charge on any atom is -0.381 e. The second kappa shape index (κ2) is 7.99. The minimum absolute atomic E-state index is 0.124. The van der Waals surface area contributed by atoms with Crippen molar-refractivity contribution in [1.82, 2.24) is 0 Å². The van der Waals surface area contributed by atoms with Crippen molar-refractivity contribution in [1.29, 1.82) is 0 Å². The third-order valence-electron chi connectivity index (χ3n) is 2.58. The number of primary sulfonamides is 1. The van der Waals surface area contributed by atoms with Gasteiger partial charge in [-0.3, -0.25) is 0 Å². The summed E-state index contributed by atoms with van der Waals surface area (Å²) >= 11 is 0. The zero-order valence-corrected chi connectivity index (χ0v) is 10.8. The highest BCUT2D eigenvalue weighted by molar-refractivity contribution is 7.89. The molecule has 0 bridgehead atoms. The molecule has 0 saturated carbocycles.